The van der Waals surface area contributed by atoms with E-state index in [2.05, 4.69) is 5.32 Å². The lowest BCUT2D eigenvalue weighted by Gasteiger charge is -2.17. The zero-order valence-corrected chi connectivity index (χ0v) is 17.5. The number of esters is 1. The molecule has 32 heavy (non-hydrogen) atoms. The minimum atomic E-state index is -0.963. The number of amides is 1. The van der Waals surface area contributed by atoms with E-state index in [1.807, 2.05) is 30.3 Å². The van der Waals surface area contributed by atoms with Crippen LogP contribution in [0, 0.1) is 11.6 Å². The summed E-state index contributed by atoms with van der Waals surface area (Å²) in [5.41, 5.74) is 1.94. The molecule has 1 amide bonds. The van der Waals surface area contributed by atoms with Crippen molar-refractivity contribution in [3.05, 3.63) is 101 Å². The van der Waals surface area contributed by atoms with E-state index < -0.39 is 29.6 Å². The van der Waals surface area contributed by atoms with Crippen LogP contribution in [-0.2, 0) is 33.8 Å². The smallest absolute Gasteiger partial charge is 0.328 e. The van der Waals surface area contributed by atoms with Gasteiger partial charge in [0.1, 0.15) is 30.0 Å². The van der Waals surface area contributed by atoms with Gasteiger partial charge in [-0.15, -0.1) is 0 Å². The van der Waals surface area contributed by atoms with E-state index in [-0.39, 0.29) is 18.4 Å². The molecule has 5 nitrogen and oxygen atoms in total. The lowest BCUT2D eigenvalue weighted by Crippen LogP contribution is -2.43. The van der Waals surface area contributed by atoms with Crippen LogP contribution < -0.4 is 10.1 Å². The van der Waals surface area contributed by atoms with Crippen molar-refractivity contribution in [1.82, 2.24) is 5.32 Å². The van der Waals surface area contributed by atoms with Crippen LogP contribution in [0.2, 0.25) is 0 Å². The molecule has 7 heteroatoms. The first-order valence-electron chi connectivity index (χ1n) is 10.0. The fourth-order valence-corrected chi connectivity index (χ4v) is 3.22. The monoisotopic (exact) mass is 439 g/mol. The van der Waals surface area contributed by atoms with Gasteiger partial charge in [-0.2, -0.15) is 0 Å². The summed E-state index contributed by atoms with van der Waals surface area (Å²) in [4.78, 5) is 24.6. The third-order valence-electron chi connectivity index (χ3n) is 4.69. The molecule has 3 aromatic rings. The van der Waals surface area contributed by atoms with Gasteiger partial charge < -0.3 is 14.8 Å². The van der Waals surface area contributed by atoms with Gasteiger partial charge in [0.05, 0.1) is 13.5 Å². The average molecular weight is 439 g/mol. The Morgan fingerprint density at radius 2 is 1.56 bits per heavy atom. The number of ether oxygens (including phenoxy) is 2. The van der Waals surface area contributed by atoms with E-state index in [0.29, 0.717) is 12.4 Å². The molecule has 0 radical (unpaired) electrons. The van der Waals surface area contributed by atoms with Gasteiger partial charge >= 0.3 is 5.97 Å². The highest BCUT2D eigenvalue weighted by atomic mass is 19.1. The zero-order chi connectivity index (χ0) is 22.9. The molecule has 0 saturated heterocycles. The van der Waals surface area contributed by atoms with Crippen LogP contribution in [0.25, 0.3) is 0 Å². The Morgan fingerprint density at radius 1 is 0.875 bits per heavy atom. The highest BCUT2D eigenvalue weighted by Gasteiger charge is 2.22. The lowest BCUT2D eigenvalue weighted by atomic mass is 10.0. The minimum absolute atomic E-state index is 0.165. The maximum atomic E-state index is 13.4. The van der Waals surface area contributed by atoms with Crippen molar-refractivity contribution in [3.8, 4) is 5.75 Å². The summed E-state index contributed by atoms with van der Waals surface area (Å²) in [6.45, 7) is 0.394. The second-order valence-electron chi connectivity index (χ2n) is 7.22. The molecule has 0 heterocycles. The normalized spacial score (nSPS) is 11.5. The SMILES string of the molecule is COC(=O)[C@@H](Cc1cccc(OCc2ccccc2)c1)NC(=O)Cc1cc(F)cc(F)c1. The standard InChI is InChI=1S/C25H23F2NO4/c1-31-25(30)23(28-24(29)14-19-10-20(26)15-21(27)11-19)13-18-8-5-9-22(12-18)32-16-17-6-3-2-4-7-17/h2-12,15,23H,13-14,16H2,1H3,(H,28,29)/t23-/m1/s1. The number of carbonyl (C=O) groups excluding carboxylic acids is 2. The van der Waals surface area contributed by atoms with Gasteiger partial charge in [-0.05, 0) is 41.0 Å². The number of hydrogen-bond donors (Lipinski definition) is 1. The largest absolute Gasteiger partial charge is 0.489 e. The van der Waals surface area contributed by atoms with E-state index in [9.17, 15) is 18.4 Å². The van der Waals surface area contributed by atoms with E-state index in [1.165, 1.54) is 7.11 Å². The van der Waals surface area contributed by atoms with Gasteiger partial charge in [-0.1, -0.05) is 42.5 Å². The topological polar surface area (TPSA) is 64.6 Å². The van der Waals surface area contributed by atoms with Gasteiger partial charge in [0.15, 0.2) is 0 Å². The second-order valence-corrected chi connectivity index (χ2v) is 7.22. The number of nitrogens with one attached hydrogen (secondary N) is 1. The Hall–Kier alpha value is -3.74. The molecule has 0 fully saturated rings. The van der Waals surface area contributed by atoms with E-state index in [0.717, 1.165) is 29.3 Å². The summed E-state index contributed by atoms with van der Waals surface area (Å²) in [6, 6.07) is 18.8. The molecule has 0 unspecified atom stereocenters. The number of carbonyl (C=O) groups is 2. The van der Waals surface area contributed by atoms with Crippen LogP contribution in [0.15, 0.2) is 72.8 Å². The van der Waals surface area contributed by atoms with Gasteiger partial charge in [0.25, 0.3) is 0 Å². The maximum Gasteiger partial charge on any atom is 0.328 e. The predicted molar refractivity (Wildman–Crippen MR) is 115 cm³/mol. The molecule has 1 atom stereocenters. The first-order chi connectivity index (χ1) is 15.4. The summed E-state index contributed by atoms with van der Waals surface area (Å²) in [7, 11) is 1.23. The zero-order valence-electron chi connectivity index (χ0n) is 17.5. The molecule has 0 spiro atoms. The molecule has 166 valence electrons. The molecule has 1 N–H and O–H groups in total. The number of hydrogen-bond acceptors (Lipinski definition) is 4. The van der Waals surface area contributed by atoms with Crippen LogP contribution >= 0.6 is 0 Å². The fourth-order valence-electron chi connectivity index (χ4n) is 3.22. The van der Waals surface area contributed by atoms with Crippen molar-refractivity contribution in [2.24, 2.45) is 0 Å². The molecule has 0 saturated carbocycles. The van der Waals surface area contributed by atoms with E-state index in [4.69, 9.17) is 9.47 Å². The first-order valence-corrected chi connectivity index (χ1v) is 10.0. The molecule has 0 aliphatic carbocycles. The van der Waals surface area contributed by atoms with Crippen LogP contribution in [0.1, 0.15) is 16.7 Å². The lowest BCUT2D eigenvalue weighted by molar-refractivity contribution is -0.145. The van der Waals surface area contributed by atoms with E-state index in [1.54, 1.807) is 24.3 Å². The minimum Gasteiger partial charge on any atom is -0.489 e. The fraction of sp³-hybridized carbons (Fsp3) is 0.200. The van der Waals surface area contributed by atoms with Crippen molar-refractivity contribution in [2.45, 2.75) is 25.5 Å². The van der Waals surface area contributed by atoms with Crippen LogP contribution in [-0.4, -0.2) is 25.0 Å². The van der Waals surface area contributed by atoms with Gasteiger partial charge in [-0.25, -0.2) is 13.6 Å². The van der Waals surface area contributed by atoms with Crippen LogP contribution in [0.4, 0.5) is 8.78 Å². The van der Waals surface area contributed by atoms with Crippen molar-refractivity contribution >= 4 is 11.9 Å². The van der Waals surface area contributed by atoms with Crippen LogP contribution in [0.5, 0.6) is 5.75 Å². The van der Waals surface area contributed by atoms with Crippen molar-refractivity contribution in [3.63, 3.8) is 0 Å². The summed E-state index contributed by atoms with van der Waals surface area (Å²) >= 11 is 0. The first kappa shape index (κ1) is 22.9. The van der Waals surface area contributed by atoms with Crippen molar-refractivity contribution in [2.75, 3.05) is 7.11 Å². The Bertz CT molecular complexity index is 1050. The summed E-state index contributed by atoms with van der Waals surface area (Å²) in [5.74, 6) is -2.10. The highest BCUT2D eigenvalue weighted by Crippen LogP contribution is 2.17. The van der Waals surface area contributed by atoms with Crippen molar-refractivity contribution < 1.29 is 27.8 Å². The van der Waals surface area contributed by atoms with Gasteiger partial charge in [0, 0.05) is 12.5 Å². The Morgan fingerprint density at radius 3 is 2.25 bits per heavy atom. The highest BCUT2D eigenvalue weighted by molar-refractivity contribution is 5.85. The quantitative estimate of drug-likeness (QED) is 0.512. The third kappa shape index (κ3) is 6.91. The number of methoxy groups -OCH3 is 1. The molecular formula is C25H23F2NO4. The van der Waals surface area contributed by atoms with Gasteiger partial charge in [-0.3, -0.25) is 4.79 Å². The van der Waals surface area contributed by atoms with Gasteiger partial charge in [0.2, 0.25) is 5.91 Å². The molecular weight excluding hydrogens is 416 g/mol. The number of halogens is 2. The number of benzene rings is 3. The Kier molecular flexibility index (Phi) is 7.91. The molecule has 0 bridgehead atoms. The third-order valence-corrected chi connectivity index (χ3v) is 4.69. The molecule has 0 aliphatic heterocycles. The molecule has 3 rings (SSSR count). The second kappa shape index (κ2) is 11.0. The molecule has 0 aliphatic rings. The summed E-state index contributed by atoms with van der Waals surface area (Å²) in [5, 5.41) is 2.58. The Labute approximate surface area is 185 Å². The Balaban J connectivity index is 1.64. The summed E-state index contributed by atoms with van der Waals surface area (Å²) in [6.07, 6.45) is -0.110. The predicted octanol–water partition coefficient (Wildman–Crippen LogP) is 3.99. The molecule has 3 aromatic carbocycles. The average Bonchev–Trinajstić information content (AvgIpc) is 2.77. The van der Waals surface area contributed by atoms with Crippen LogP contribution in [0.3, 0.4) is 0 Å². The molecule has 0 aromatic heterocycles. The number of rotatable bonds is 9. The van der Waals surface area contributed by atoms with Crippen molar-refractivity contribution in [1.29, 1.82) is 0 Å². The maximum absolute atomic E-state index is 13.4. The van der Waals surface area contributed by atoms with E-state index >= 15 is 0 Å². The summed E-state index contributed by atoms with van der Waals surface area (Å²) < 4.78 is 37.3.